The number of alkyl halides is 3. The molecule has 0 bridgehead atoms. The predicted octanol–water partition coefficient (Wildman–Crippen LogP) is 1.85. The molecule has 1 heterocycles. The molecule has 1 aromatic carbocycles. The van der Waals surface area contributed by atoms with Crippen LogP contribution in [0.5, 0.6) is 17.2 Å². The number of carbonyl (C=O) groups excluding carboxylic acids is 1. The number of benzene rings is 1. The molecule has 1 unspecified atom stereocenters. The van der Waals surface area contributed by atoms with Gasteiger partial charge in [0.05, 0.1) is 33.4 Å². The van der Waals surface area contributed by atoms with E-state index in [1.165, 1.54) is 33.5 Å². The minimum Gasteiger partial charge on any atom is -0.496 e. The van der Waals surface area contributed by atoms with E-state index in [0.29, 0.717) is 5.75 Å². The number of aliphatic hydroxyl groups is 1. The number of β-amino-alcohol motifs (C(OH)–C–C–N with tert-alkyl or cyclic N) is 1. The van der Waals surface area contributed by atoms with Crippen molar-refractivity contribution in [3.05, 3.63) is 17.7 Å². The monoisotopic (exact) mass is 349 g/mol. The third-order valence-electron chi connectivity index (χ3n) is 4.00. The van der Waals surface area contributed by atoms with Crippen LogP contribution in [0.1, 0.15) is 16.8 Å². The summed E-state index contributed by atoms with van der Waals surface area (Å²) in [6.45, 7) is -1.04. The van der Waals surface area contributed by atoms with Gasteiger partial charge in [0.25, 0.3) is 5.91 Å². The Balaban J connectivity index is 2.34. The lowest BCUT2D eigenvalue weighted by atomic mass is 10.0. The van der Waals surface area contributed by atoms with Gasteiger partial charge in [-0.2, -0.15) is 13.2 Å². The second-order valence-electron chi connectivity index (χ2n) is 5.41. The maximum atomic E-state index is 12.9. The van der Waals surface area contributed by atoms with Gasteiger partial charge in [-0.25, -0.2) is 0 Å². The van der Waals surface area contributed by atoms with E-state index in [2.05, 4.69) is 0 Å². The second-order valence-corrected chi connectivity index (χ2v) is 5.41. The van der Waals surface area contributed by atoms with Crippen LogP contribution in [0.15, 0.2) is 12.1 Å². The fraction of sp³-hybridized carbons (Fsp3) is 0.533. The molecule has 0 radical (unpaired) electrons. The zero-order chi connectivity index (χ0) is 18.1. The summed E-state index contributed by atoms with van der Waals surface area (Å²) in [5.41, 5.74) is -2.87. The predicted molar refractivity (Wildman–Crippen MR) is 77.6 cm³/mol. The number of rotatable bonds is 4. The van der Waals surface area contributed by atoms with Crippen LogP contribution in [0.2, 0.25) is 0 Å². The molecule has 0 aromatic heterocycles. The molecule has 1 aromatic rings. The first-order valence-corrected chi connectivity index (χ1v) is 7.05. The highest BCUT2D eigenvalue weighted by molar-refractivity contribution is 5.98. The number of amides is 1. The Bertz CT molecular complexity index is 634. The Hall–Kier alpha value is -2.16. The lowest BCUT2D eigenvalue weighted by Crippen LogP contribution is -2.48. The Morgan fingerprint density at radius 1 is 1.12 bits per heavy atom. The van der Waals surface area contributed by atoms with Crippen molar-refractivity contribution in [3.8, 4) is 17.2 Å². The van der Waals surface area contributed by atoms with E-state index in [0.717, 1.165) is 4.90 Å². The lowest BCUT2D eigenvalue weighted by Gasteiger charge is -2.26. The highest BCUT2D eigenvalue weighted by atomic mass is 19.4. The molecular weight excluding hydrogens is 331 g/mol. The van der Waals surface area contributed by atoms with Gasteiger partial charge >= 0.3 is 6.18 Å². The zero-order valence-electron chi connectivity index (χ0n) is 13.4. The largest absolute Gasteiger partial charge is 0.496 e. The van der Waals surface area contributed by atoms with Crippen molar-refractivity contribution in [3.63, 3.8) is 0 Å². The number of hydrogen-bond acceptors (Lipinski definition) is 5. The van der Waals surface area contributed by atoms with Crippen LogP contribution in [-0.4, -0.2) is 62.1 Å². The van der Waals surface area contributed by atoms with Crippen molar-refractivity contribution < 1.29 is 37.3 Å². The zero-order valence-corrected chi connectivity index (χ0v) is 13.4. The quantitative estimate of drug-likeness (QED) is 0.899. The summed E-state index contributed by atoms with van der Waals surface area (Å²) in [6, 6.07) is 2.75. The molecule has 9 heteroatoms. The molecule has 1 aliphatic rings. The maximum Gasteiger partial charge on any atom is 0.419 e. The number of carbonyl (C=O) groups is 1. The summed E-state index contributed by atoms with van der Waals surface area (Å²) in [7, 11) is 4.10. The molecule has 2 rings (SSSR count). The summed E-state index contributed by atoms with van der Waals surface area (Å²) in [6.07, 6.45) is -5.37. The molecule has 6 nitrogen and oxygen atoms in total. The van der Waals surface area contributed by atoms with Gasteiger partial charge in [0.1, 0.15) is 5.75 Å². The second kappa shape index (κ2) is 6.39. The van der Waals surface area contributed by atoms with Crippen LogP contribution in [-0.2, 0) is 0 Å². The first-order chi connectivity index (χ1) is 11.2. The molecule has 0 spiro atoms. The van der Waals surface area contributed by atoms with E-state index in [1.807, 2.05) is 0 Å². The smallest absolute Gasteiger partial charge is 0.419 e. The van der Waals surface area contributed by atoms with Crippen molar-refractivity contribution in [2.24, 2.45) is 0 Å². The SMILES string of the molecule is COc1cc(OC)c(C(=O)N2CCC(O)(C(F)(F)F)C2)cc1OC. The number of nitrogens with zero attached hydrogens (tertiary/aromatic N) is 1. The van der Waals surface area contributed by atoms with Gasteiger partial charge in [-0.1, -0.05) is 0 Å². The number of hydrogen-bond donors (Lipinski definition) is 1. The Labute approximate surface area is 136 Å². The maximum absolute atomic E-state index is 12.9. The van der Waals surface area contributed by atoms with Crippen molar-refractivity contribution in [2.45, 2.75) is 18.2 Å². The lowest BCUT2D eigenvalue weighted by molar-refractivity contribution is -0.253. The van der Waals surface area contributed by atoms with Gasteiger partial charge in [0, 0.05) is 25.1 Å². The minimum absolute atomic E-state index is 0.0292. The van der Waals surface area contributed by atoms with Crippen molar-refractivity contribution >= 4 is 5.91 Å². The molecule has 1 amide bonds. The molecule has 0 aliphatic carbocycles. The van der Waals surface area contributed by atoms with Crippen LogP contribution in [0.3, 0.4) is 0 Å². The fourth-order valence-electron chi connectivity index (χ4n) is 2.57. The standard InChI is InChI=1S/C15H18F3NO5/c1-22-10-7-12(24-3)11(23-2)6-9(10)13(20)19-5-4-14(21,8-19)15(16,17)18/h6-7,21H,4-5,8H2,1-3H3. The number of likely N-dealkylation sites (tertiary alicyclic amines) is 1. The molecule has 1 fully saturated rings. The van der Waals surface area contributed by atoms with Gasteiger partial charge in [0.2, 0.25) is 0 Å². The molecular formula is C15H18F3NO5. The van der Waals surface area contributed by atoms with E-state index in [9.17, 15) is 23.1 Å². The Morgan fingerprint density at radius 2 is 1.67 bits per heavy atom. The van der Waals surface area contributed by atoms with Crippen molar-refractivity contribution in [2.75, 3.05) is 34.4 Å². The van der Waals surface area contributed by atoms with Gasteiger partial charge in [-0.15, -0.1) is 0 Å². The summed E-state index contributed by atoms with van der Waals surface area (Å²) in [4.78, 5) is 13.5. The van der Waals surface area contributed by atoms with Gasteiger partial charge in [0.15, 0.2) is 17.1 Å². The van der Waals surface area contributed by atoms with Crippen LogP contribution in [0.25, 0.3) is 0 Å². The van der Waals surface area contributed by atoms with E-state index in [1.54, 1.807) is 0 Å². The average molecular weight is 349 g/mol. The van der Waals surface area contributed by atoms with E-state index in [-0.39, 0.29) is 23.6 Å². The number of halogens is 3. The highest BCUT2D eigenvalue weighted by Crippen LogP contribution is 2.40. The first kappa shape index (κ1) is 18.2. The third-order valence-corrected chi connectivity index (χ3v) is 4.00. The van der Waals surface area contributed by atoms with E-state index < -0.39 is 30.7 Å². The number of ether oxygens (including phenoxy) is 3. The fourth-order valence-corrected chi connectivity index (χ4v) is 2.57. The third kappa shape index (κ3) is 3.08. The summed E-state index contributed by atoms with van der Waals surface area (Å²) >= 11 is 0. The Morgan fingerprint density at radius 3 is 2.12 bits per heavy atom. The van der Waals surface area contributed by atoms with Gasteiger partial charge in [-0.05, 0) is 0 Å². The van der Waals surface area contributed by atoms with Crippen molar-refractivity contribution in [1.29, 1.82) is 0 Å². The van der Waals surface area contributed by atoms with Crippen LogP contribution in [0, 0.1) is 0 Å². The molecule has 1 N–H and O–H groups in total. The van der Waals surface area contributed by atoms with E-state index in [4.69, 9.17) is 14.2 Å². The summed E-state index contributed by atoms with van der Waals surface area (Å²) in [5, 5.41) is 9.71. The Kier molecular flexibility index (Phi) is 4.84. The van der Waals surface area contributed by atoms with Gasteiger partial charge in [-0.3, -0.25) is 4.79 Å². The highest BCUT2D eigenvalue weighted by Gasteiger charge is 2.58. The molecule has 1 aliphatic heterocycles. The van der Waals surface area contributed by atoms with E-state index >= 15 is 0 Å². The summed E-state index contributed by atoms with van der Waals surface area (Å²) in [5.74, 6) is 0.0131. The van der Waals surface area contributed by atoms with Crippen LogP contribution < -0.4 is 14.2 Å². The average Bonchev–Trinajstić information content (AvgIpc) is 2.96. The van der Waals surface area contributed by atoms with Crippen LogP contribution >= 0.6 is 0 Å². The van der Waals surface area contributed by atoms with Crippen LogP contribution in [0.4, 0.5) is 13.2 Å². The summed E-state index contributed by atoms with van der Waals surface area (Å²) < 4.78 is 54.0. The number of methoxy groups -OCH3 is 3. The molecule has 0 saturated carbocycles. The van der Waals surface area contributed by atoms with Gasteiger partial charge < -0.3 is 24.2 Å². The molecule has 134 valence electrons. The normalized spacial score (nSPS) is 20.9. The molecule has 1 saturated heterocycles. The minimum atomic E-state index is -4.80. The topological polar surface area (TPSA) is 68.2 Å². The molecule has 24 heavy (non-hydrogen) atoms. The first-order valence-electron chi connectivity index (χ1n) is 7.05. The van der Waals surface area contributed by atoms with Crippen molar-refractivity contribution in [1.82, 2.24) is 4.90 Å². The molecule has 1 atom stereocenters.